The molecule has 1 aromatic heterocycles. The summed E-state index contributed by atoms with van der Waals surface area (Å²) in [7, 11) is 0. The molecule has 6 nitrogen and oxygen atoms in total. The van der Waals surface area contributed by atoms with Gasteiger partial charge in [-0.25, -0.2) is 0 Å². The van der Waals surface area contributed by atoms with Gasteiger partial charge in [0, 0.05) is 10.5 Å². The lowest BCUT2D eigenvalue weighted by atomic mass is 10.2. The maximum absolute atomic E-state index is 12.1. The molecule has 0 saturated carbocycles. The Balaban J connectivity index is 1.48. The summed E-state index contributed by atoms with van der Waals surface area (Å²) in [6.07, 6.45) is 2.96. The fraction of sp³-hybridized carbons (Fsp3) is 0.0476. The predicted octanol–water partition coefficient (Wildman–Crippen LogP) is 4.10. The second-order valence-electron chi connectivity index (χ2n) is 5.67. The van der Waals surface area contributed by atoms with Gasteiger partial charge in [0.15, 0.2) is 5.76 Å². The second-order valence-corrected chi connectivity index (χ2v) is 6.52. The standard InChI is InChI=1S/C21H17BrN2O4/c22-18-9-5-4-6-15(18)10-13-20(25)23-24-21(26)19-12-11-17(28-19)14-27-16-7-2-1-3-8-16/h1-13H,14H2,(H,23,25)(H,24,26)/b13-10+. The fourth-order valence-corrected chi connectivity index (χ4v) is 2.66. The maximum atomic E-state index is 12.1. The van der Waals surface area contributed by atoms with E-state index in [-0.39, 0.29) is 12.4 Å². The van der Waals surface area contributed by atoms with Crippen LogP contribution in [0.15, 0.2) is 81.7 Å². The second kappa shape index (κ2) is 9.57. The molecule has 0 radical (unpaired) electrons. The Bertz CT molecular complexity index is 983. The van der Waals surface area contributed by atoms with Crippen LogP contribution in [0, 0.1) is 0 Å². The Morgan fingerprint density at radius 2 is 1.71 bits per heavy atom. The number of hydrazine groups is 1. The van der Waals surface area contributed by atoms with Crippen LogP contribution in [0.5, 0.6) is 5.75 Å². The first-order valence-corrected chi connectivity index (χ1v) is 9.20. The van der Waals surface area contributed by atoms with Crippen molar-refractivity contribution in [2.24, 2.45) is 0 Å². The highest BCUT2D eigenvalue weighted by atomic mass is 79.9. The van der Waals surface area contributed by atoms with Crippen LogP contribution in [0.3, 0.4) is 0 Å². The highest BCUT2D eigenvalue weighted by Gasteiger charge is 2.12. The van der Waals surface area contributed by atoms with Crippen molar-refractivity contribution in [3.05, 3.63) is 94.4 Å². The van der Waals surface area contributed by atoms with Gasteiger partial charge in [-0.15, -0.1) is 0 Å². The molecule has 0 atom stereocenters. The zero-order valence-corrected chi connectivity index (χ0v) is 16.3. The molecule has 0 unspecified atom stereocenters. The molecule has 0 bridgehead atoms. The molecule has 2 N–H and O–H groups in total. The zero-order valence-electron chi connectivity index (χ0n) is 14.7. The van der Waals surface area contributed by atoms with Gasteiger partial charge in [0.25, 0.3) is 5.91 Å². The van der Waals surface area contributed by atoms with E-state index in [1.54, 1.807) is 12.1 Å². The molecule has 0 aliphatic heterocycles. The summed E-state index contributed by atoms with van der Waals surface area (Å²) in [5.74, 6) is 0.238. The zero-order chi connectivity index (χ0) is 19.8. The topological polar surface area (TPSA) is 80.6 Å². The average Bonchev–Trinajstić information content (AvgIpc) is 3.20. The molecular formula is C21H17BrN2O4. The number of benzene rings is 2. The number of carbonyl (C=O) groups is 2. The van der Waals surface area contributed by atoms with E-state index in [0.29, 0.717) is 11.5 Å². The Morgan fingerprint density at radius 3 is 2.50 bits per heavy atom. The van der Waals surface area contributed by atoms with E-state index in [4.69, 9.17) is 9.15 Å². The van der Waals surface area contributed by atoms with Crippen molar-refractivity contribution in [3.8, 4) is 5.75 Å². The minimum atomic E-state index is -0.561. The summed E-state index contributed by atoms with van der Waals surface area (Å²) in [6, 6.07) is 19.9. The largest absolute Gasteiger partial charge is 0.486 e. The van der Waals surface area contributed by atoms with Crippen molar-refractivity contribution < 1.29 is 18.7 Å². The number of hydrogen-bond acceptors (Lipinski definition) is 4. The molecule has 1 heterocycles. The number of nitrogens with one attached hydrogen (secondary N) is 2. The fourth-order valence-electron chi connectivity index (χ4n) is 2.25. The van der Waals surface area contributed by atoms with Crippen molar-refractivity contribution >= 4 is 33.8 Å². The Labute approximate surface area is 170 Å². The van der Waals surface area contributed by atoms with Gasteiger partial charge in [-0.3, -0.25) is 20.4 Å². The maximum Gasteiger partial charge on any atom is 0.305 e. The molecule has 0 spiro atoms. The van der Waals surface area contributed by atoms with Crippen molar-refractivity contribution in [1.29, 1.82) is 0 Å². The van der Waals surface area contributed by atoms with Crippen LogP contribution >= 0.6 is 15.9 Å². The summed E-state index contributed by atoms with van der Waals surface area (Å²) in [6.45, 7) is 0.193. The molecule has 0 saturated heterocycles. The Hall–Kier alpha value is -3.32. The van der Waals surface area contributed by atoms with Gasteiger partial charge in [-0.2, -0.15) is 0 Å². The molecule has 0 fully saturated rings. The highest BCUT2D eigenvalue weighted by molar-refractivity contribution is 9.10. The predicted molar refractivity (Wildman–Crippen MR) is 108 cm³/mol. The summed E-state index contributed by atoms with van der Waals surface area (Å²) < 4.78 is 11.9. The molecule has 7 heteroatoms. The first-order chi connectivity index (χ1) is 13.6. The number of carbonyl (C=O) groups excluding carboxylic acids is 2. The van der Waals surface area contributed by atoms with E-state index in [9.17, 15) is 9.59 Å². The van der Waals surface area contributed by atoms with Crippen molar-refractivity contribution in [3.63, 3.8) is 0 Å². The molecule has 0 aliphatic rings. The third kappa shape index (κ3) is 5.59. The minimum absolute atomic E-state index is 0.0711. The normalized spacial score (nSPS) is 10.6. The summed E-state index contributed by atoms with van der Waals surface area (Å²) in [4.78, 5) is 23.9. The van der Waals surface area contributed by atoms with Crippen LogP contribution in [0.2, 0.25) is 0 Å². The monoisotopic (exact) mass is 440 g/mol. The van der Waals surface area contributed by atoms with Crippen LogP contribution in [-0.4, -0.2) is 11.8 Å². The smallest absolute Gasteiger partial charge is 0.305 e. The third-order valence-electron chi connectivity index (χ3n) is 3.63. The molecule has 28 heavy (non-hydrogen) atoms. The van der Waals surface area contributed by atoms with Crippen LogP contribution in [0.4, 0.5) is 0 Å². The van der Waals surface area contributed by atoms with Crippen molar-refractivity contribution in [1.82, 2.24) is 10.9 Å². The molecule has 2 aromatic carbocycles. The third-order valence-corrected chi connectivity index (χ3v) is 4.35. The van der Waals surface area contributed by atoms with Crippen LogP contribution in [0.1, 0.15) is 21.9 Å². The number of para-hydroxylation sites is 1. The minimum Gasteiger partial charge on any atom is -0.486 e. The van der Waals surface area contributed by atoms with Gasteiger partial charge >= 0.3 is 5.91 Å². The molecule has 3 rings (SSSR count). The molecular weight excluding hydrogens is 424 g/mol. The van der Waals surface area contributed by atoms with Gasteiger partial charge in [-0.05, 0) is 42.0 Å². The Kier molecular flexibility index (Phi) is 6.64. The van der Waals surface area contributed by atoms with E-state index < -0.39 is 11.8 Å². The highest BCUT2D eigenvalue weighted by Crippen LogP contribution is 2.17. The lowest BCUT2D eigenvalue weighted by molar-refractivity contribution is -0.117. The summed E-state index contributed by atoms with van der Waals surface area (Å²) in [5, 5.41) is 0. The molecule has 3 aromatic rings. The van der Waals surface area contributed by atoms with E-state index in [2.05, 4.69) is 26.8 Å². The van der Waals surface area contributed by atoms with Crippen molar-refractivity contribution in [2.45, 2.75) is 6.61 Å². The van der Waals surface area contributed by atoms with Gasteiger partial charge in [0.2, 0.25) is 0 Å². The number of amides is 2. The molecule has 2 amide bonds. The van der Waals surface area contributed by atoms with Crippen molar-refractivity contribution in [2.75, 3.05) is 0 Å². The van der Waals surface area contributed by atoms with E-state index in [1.807, 2.05) is 54.6 Å². The average molecular weight is 441 g/mol. The van der Waals surface area contributed by atoms with E-state index in [0.717, 1.165) is 10.0 Å². The first kappa shape index (κ1) is 19.4. The number of ether oxygens (including phenoxy) is 1. The number of rotatable bonds is 6. The SMILES string of the molecule is O=C(/C=C/c1ccccc1Br)NNC(=O)c1ccc(COc2ccccc2)o1. The summed E-state index contributed by atoms with van der Waals surface area (Å²) in [5.41, 5.74) is 5.45. The molecule has 142 valence electrons. The Morgan fingerprint density at radius 1 is 0.964 bits per heavy atom. The lowest BCUT2D eigenvalue weighted by Crippen LogP contribution is -2.40. The van der Waals surface area contributed by atoms with E-state index in [1.165, 1.54) is 12.1 Å². The van der Waals surface area contributed by atoms with E-state index >= 15 is 0 Å². The first-order valence-electron chi connectivity index (χ1n) is 8.41. The number of halogens is 1. The van der Waals surface area contributed by atoms with Gasteiger partial charge in [0.05, 0.1) is 0 Å². The number of furan rings is 1. The van der Waals surface area contributed by atoms with Crippen LogP contribution in [-0.2, 0) is 11.4 Å². The van der Waals surface area contributed by atoms with Crippen LogP contribution < -0.4 is 15.6 Å². The quantitative estimate of drug-likeness (QED) is 0.446. The number of hydrogen-bond donors (Lipinski definition) is 2. The van der Waals surface area contributed by atoms with Crippen LogP contribution in [0.25, 0.3) is 6.08 Å². The van der Waals surface area contributed by atoms with Gasteiger partial charge in [-0.1, -0.05) is 52.3 Å². The summed E-state index contributed by atoms with van der Waals surface area (Å²) >= 11 is 3.39. The van der Waals surface area contributed by atoms with Gasteiger partial charge in [0.1, 0.15) is 18.1 Å². The van der Waals surface area contributed by atoms with Gasteiger partial charge < -0.3 is 9.15 Å². The molecule has 0 aliphatic carbocycles. The lowest BCUT2D eigenvalue weighted by Gasteiger charge is -2.04.